The first kappa shape index (κ1) is 20.0. The molecule has 0 fully saturated rings. The Labute approximate surface area is 168 Å². The number of aromatic nitrogens is 1. The summed E-state index contributed by atoms with van der Waals surface area (Å²) in [6.07, 6.45) is 4.25. The summed E-state index contributed by atoms with van der Waals surface area (Å²) in [5.74, 6) is 0.692. The van der Waals surface area contributed by atoms with Gasteiger partial charge >= 0.3 is 12.1 Å². The van der Waals surface area contributed by atoms with Gasteiger partial charge < -0.3 is 24.1 Å². The van der Waals surface area contributed by atoms with E-state index in [0.717, 1.165) is 27.8 Å². The Hall–Kier alpha value is -3.74. The van der Waals surface area contributed by atoms with Crippen molar-refractivity contribution in [3.05, 3.63) is 65.9 Å². The van der Waals surface area contributed by atoms with Crippen LogP contribution in [0, 0.1) is 0 Å². The lowest BCUT2D eigenvalue weighted by molar-refractivity contribution is -0.134. The monoisotopic (exact) mass is 394 g/mol. The number of benzene rings is 2. The number of amides is 1. The first-order valence-corrected chi connectivity index (χ1v) is 8.94. The van der Waals surface area contributed by atoms with Crippen molar-refractivity contribution in [2.24, 2.45) is 7.05 Å². The molecule has 0 aliphatic carbocycles. The minimum atomic E-state index is -0.569. The van der Waals surface area contributed by atoms with Gasteiger partial charge in [0.1, 0.15) is 11.5 Å². The second kappa shape index (κ2) is 8.97. The minimum absolute atomic E-state index is 0.322. The summed E-state index contributed by atoms with van der Waals surface area (Å²) in [5.41, 5.74) is 2.53. The van der Waals surface area contributed by atoms with E-state index in [9.17, 15) is 9.59 Å². The molecule has 2 aromatic carbocycles. The summed E-state index contributed by atoms with van der Waals surface area (Å²) in [6, 6.07) is 12.8. The van der Waals surface area contributed by atoms with Gasteiger partial charge in [0.15, 0.2) is 0 Å². The van der Waals surface area contributed by atoms with Crippen LogP contribution in [-0.2, 0) is 23.1 Å². The molecule has 0 radical (unpaired) electrons. The summed E-state index contributed by atoms with van der Waals surface area (Å²) in [6.45, 7) is 0.322. The first-order chi connectivity index (χ1) is 14.0. The molecule has 0 spiro atoms. The van der Waals surface area contributed by atoms with E-state index in [1.165, 1.54) is 13.2 Å². The molecule has 1 aromatic heterocycles. The van der Waals surface area contributed by atoms with Gasteiger partial charge in [0.05, 0.1) is 19.7 Å². The van der Waals surface area contributed by atoms with E-state index in [1.807, 2.05) is 54.2 Å². The summed E-state index contributed by atoms with van der Waals surface area (Å²) < 4.78 is 17.2. The Balaban J connectivity index is 1.77. The number of ether oxygens (including phenoxy) is 3. The van der Waals surface area contributed by atoms with E-state index >= 15 is 0 Å². The predicted octanol–water partition coefficient (Wildman–Crippen LogP) is 3.66. The highest BCUT2D eigenvalue weighted by Gasteiger charge is 2.13. The van der Waals surface area contributed by atoms with Crippen LogP contribution in [0.1, 0.15) is 11.1 Å². The second-order valence-electron chi connectivity index (χ2n) is 6.29. The molecule has 0 atom stereocenters. The number of aryl methyl sites for hydroxylation is 1. The van der Waals surface area contributed by atoms with Crippen molar-refractivity contribution in [1.29, 1.82) is 0 Å². The van der Waals surface area contributed by atoms with Gasteiger partial charge in [-0.05, 0) is 35.9 Å². The molecule has 1 N–H and O–H groups in total. The molecule has 0 aliphatic heterocycles. The van der Waals surface area contributed by atoms with Gasteiger partial charge in [-0.25, -0.2) is 9.59 Å². The molecule has 0 bridgehead atoms. The van der Waals surface area contributed by atoms with Crippen molar-refractivity contribution in [2.75, 3.05) is 14.2 Å². The minimum Gasteiger partial charge on any atom is -0.497 e. The fourth-order valence-electron chi connectivity index (χ4n) is 2.94. The van der Waals surface area contributed by atoms with Crippen LogP contribution in [0.2, 0.25) is 0 Å². The maximum Gasteiger partial charge on any atom is 0.412 e. The molecule has 29 heavy (non-hydrogen) atoms. The third-order valence-electron chi connectivity index (χ3n) is 4.40. The molecule has 7 nitrogen and oxygen atoms in total. The number of esters is 1. The summed E-state index contributed by atoms with van der Waals surface area (Å²) >= 11 is 0. The molecule has 1 heterocycles. The fourth-order valence-corrected chi connectivity index (χ4v) is 2.94. The lowest BCUT2D eigenvalue weighted by Crippen LogP contribution is -2.26. The zero-order valence-electron chi connectivity index (χ0n) is 16.5. The lowest BCUT2D eigenvalue weighted by atomic mass is 10.1. The highest BCUT2D eigenvalue weighted by atomic mass is 16.6. The Morgan fingerprint density at radius 2 is 1.86 bits per heavy atom. The van der Waals surface area contributed by atoms with Crippen molar-refractivity contribution < 1.29 is 23.8 Å². The SMILES string of the molecule is COC(=O)/C=C/c1cn(C)c2cccc(OC(=O)NCc3ccc(OC)cc3)c12. The molecule has 150 valence electrons. The number of carbonyl (C=O) groups excluding carboxylic acids is 2. The average molecular weight is 394 g/mol. The third-order valence-corrected chi connectivity index (χ3v) is 4.40. The van der Waals surface area contributed by atoms with Crippen molar-refractivity contribution in [1.82, 2.24) is 9.88 Å². The highest BCUT2D eigenvalue weighted by Crippen LogP contribution is 2.31. The smallest absolute Gasteiger partial charge is 0.412 e. The van der Waals surface area contributed by atoms with Crippen molar-refractivity contribution in [3.8, 4) is 11.5 Å². The van der Waals surface area contributed by atoms with E-state index in [0.29, 0.717) is 12.3 Å². The molecule has 0 saturated carbocycles. The topological polar surface area (TPSA) is 78.8 Å². The second-order valence-corrected chi connectivity index (χ2v) is 6.29. The summed E-state index contributed by atoms with van der Waals surface area (Å²) in [5, 5.41) is 3.47. The van der Waals surface area contributed by atoms with Gasteiger partial charge in [-0.15, -0.1) is 0 Å². The van der Waals surface area contributed by atoms with Crippen LogP contribution in [0.5, 0.6) is 11.5 Å². The van der Waals surface area contributed by atoms with Crippen LogP contribution in [-0.4, -0.2) is 30.8 Å². The Morgan fingerprint density at radius 3 is 2.55 bits per heavy atom. The van der Waals surface area contributed by atoms with E-state index < -0.39 is 12.1 Å². The maximum absolute atomic E-state index is 12.3. The Bertz CT molecular complexity index is 1050. The van der Waals surface area contributed by atoms with Crippen molar-refractivity contribution in [2.45, 2.75) is 6.54 Å². The standard InChI is InChI=1S/C22H22N2O5/c1-24-14-16(9-12-20(25)28-3)21-18(24)5-4-6-19(21)29-22(26)23-13-15-7-10-17(27-2)11-8-15/h4-12,14H,13H2,1-3H3,(H,23,26)/b12-9+. The van der Waals surface area contributed by atoms with Crippen LogP contribution in [0.4, 0.5) is 4.79 Å². The third kappa shape index (κ3) is 4.76. The first-order valence-electron chi connectivity index (χ1n) is 8.94. The van der Waals surface area contributed by atoms with Crippen LogP contribution < -0.4 is 14.8 Å². The van der Waals surface area contributed by atoms with Crippen LogP contribution in [0.15, 0.2) is 54.7 Å². The van der Waals surface area contributed by atoms with E-state index in [2.05, 4.69) is 10.1 Å². The molecule has 1 amide bonds. The number of methoxy groups -OCH3 is 2. The van der Waals surface area contributed by atoms with E-state index in [4.69, 9.17) is 9.47 Å². The normalized spacial score (nSPS) is 10.9. The van der Waals surface area contributed by atoms with Crippen molar-refractivity contribution >= 4 is 29.0 Å². The quantitative estimate of drug-likeness (QED) is 0.510. The zero-order chi connectivity index (χ0) is 20.8. The van der Waals surface area contributed by atoms with Gasteiger partial charge in [0, 0.05) is 36.8 Å². The Kier molecular flexibility index (Phi) is 6.19. The van der Waals surface area contributed by atoms with Gasteiger partial charge in [0.2, 0.25) is 0 Å². The summed E-state index contributed by atoms with van der Waals surface area (Å²) in [7, 11) is 4.80. The molecular weight excluding hydrogens is 372 g/mol. The summed E-state index contributed by atoms with van der Waals surface area (Å²) in [4.78, 5) is 23.8. The van der Waals surface area contributed by atoms with Crippen LogP contribution >= 0.6 is 0 Å². The molecule has 3 aromatic rings. The van der Waals surface area contributed by atoms with Gasteiger partial charge in [-0.3, -0.25) is 0 Å². The average Bonchev–Trinajstić information content (AvgIpc) is 3.07. The van der Waals surface area contributed by atoms with Gasteiger partial charge in [0.25, 0.3) is 0 Å². The number of carbonyl (C=O) groups is 2. The molecular formula is C22H22N2O5. The number of rotatable bonds is 6. The van der Waals surface area contributed by atoms with Crippen LogP contribution in [0.25, 0.3) is 17.0 Å². The number of fused-ring (bicyclic) bond motifs is 1. The number of nitrogens with zero attached hydrogens (tertiary/aromatic N) is 1. The zero-order valence-corrected chi connectivity index (χ0v) is 16.5. The number of nitrogens with one attached hydrogen (secondary N) is 1. The number of hydrogen-bond acceptors (Lipinski definition) is 5. The Morgan fingerprint density at radius 1 is 1.10 bits per heavy atom. The van der Waals surface area contributed by atoms with E-state index in [1.54, 1.807) is 19.3 Å². The molecule has 0 aliphatic rings. The largest absolute Gasteiger partial charge is 0.497 e. The van der Waals surface area contributed by atoms with Gasteiger partial charge in [-0.2, -0.15) is 0 Å². The van der Waals surface area contributed by atoms with Crippen LogP contribution in [0.3, 0.4) is 0 Å². The fraction of sp³-hybridized carbons (Fsp3) is 0.182. The maximum atomic E-state index is 12.3. The molecule has 0 saturated heterocycles. The van der Waals surface area contributed by atoms with Crippen molar-refractivity contribution in [3.63, 3.8) is 0 Å². The number of hydrogen-bond donors (Lipinski definition) is 1. The molecule has 7 heteroatoms. The highest BCUT2D eigenvalue weighted by molar-refractivity contribution is 5.98. The predicted molar refractivity (Wildman–Crippen MR) is 110 cm³/mol. The lowest BCUT2D eigenvalue weighted by Gasteiger charge is -2.09. The van der Waals surface area contributed by atoms with E-state index in [-0.39, 0.29) is 0 Å². The van der Waals surface area contributed by atoms with Gasteiger partial charge in [-0.1, -0.05) is 18.2 Å². The molecule has 3 rings (SSSR count). The molecule has 0 unspecified atom stereocenters.